The summed E-state index contributed by atoms with van der Waals surface area (Å²) in [5.74, 6) is -2.06. The van der Waals surface area contributed by atoms with Crippen molar-refractivity contribution in [2.24, 2.45) is 5.92 Å². The highest BCUT2D eigenvalue weighted by molar-refractivity contribution is 6.33. The lowest BCUT2D eigenvalue weighted by molar-refractivity contribution is -0.138. The molecule has 1 aromatic carbocycles. The van der Waals surface area contributed by atoms with Crippen LogP contribution in [-0.2, 0) is 9.59 Å². The lowest BCUT2D eigenvalue weighted by atomic mass is 10.0. The fourth-order valence-corrected chi connectivity index (χ4v) is 1.69. The van der Waals surface area contributed by atoms with Crippen molar-refractivity contribution < 1.29 is 19.1 Å². The van der Waals surface area contributed by atoms with Crippen LogP contribution in [0, 0.1) is 11.7 Å². The maximum absolute atomic E-state index is 12.8. The summed E-state index contributed by atoms with van der Waals surface area (Å²) in [6, 6.07) is 3.64. The zero-order valence-electron chi connectivity index (χ0n) is 9.74. The van der Waals surface area contributed by atoms with Gasteiger partial charge in [0.05, 0.1) is 10.7 Å². The second-order valence-electron chi connectivity index (χ2n) is 4.08. The number of amides is 1. The third-order valence-electron chi connectivity index (χ3n) is 2.26. The molecule has 1 atom stereocenters. The van der Waals surface area contributed by atoms with E-state index in [1.807, 2.05) is 0 Å². The molecule has 98 valence electrons. The molecule has 6 heteroatoms. The third kappa shape index (κ3) is 4.71. The van der Waals surface area contributed by atoms with Crippen LogP contribution in [0.3, 0.4) is 0 Å². The van der Waals surface area contributed by atoms with E-state index >= 15 is 0 Å². The monoisotopic (exact) mass is 273 g/mol. The first-order valence-corrected chi connectivity index (χ1v) is 5.73. The highest BCUT2D eigenvalue weighted by Gasteiger charge is 2.13. The predicted molar refractivity (Wildman–Crippen MR) is 66.1 cm³/mol. The topological polar surface area (TPSA) is 66.4 Å². The van der Waals surface area contributed by atoms with Crippen molar-refractivity contribution in [1.82, 2.24) is 0 Å². The molecule has 0 aromatic heterocycles. The summed E-state index contributed by atoms with van der Waals surface area (Å²) < 4.78 is 12.8. The standard InChI is InChI=1S/C12H13ClFNO3/c1-7(5-12(17)18)4-11(16)15-10-3-2-8(14)6-9(10)13/h2-3,6-7H,4-5H2,1H3,(H,15,16)(H,17,18). The van der Waals surface area contributed by atoms with Gasteiger partial charge in [-0.05, 0) is 24.1 Å². The van der Waals surface area contributed by atoms with Gasteiger partial charge in [0.1, 0.15) is 5.82 Å². The van der Waals surface area contributed by atoms with Gasteiger partial charge in [0, 0.05) is 12.8 Å². The molecule has 18 heavy (non-hydrogen) atoms. The van der Waals surface area contributed by atoms with Crippen molar-refractivity contribution in [3.05, 3.63) is 29.0 Å². The number of aliphatic carboxylic acids is 1. The number of carbonyl (C=O) groups is 2. The number of carboxylic acid groups (broad SMARTS) is 1. The van der Waals surface area contributed by atoms with E-state index in [2.05, 4.69) is 5.32 Å². The molecule has 0 fully saturated rings. The normalized spacial score (nSPS) is 11.9. The van der Waals surface area contributed by atoms with Gasteiger partial charge in [-0.1, -0.05) is 18.5 Å². The number of rotatable bonds is 5. The molecule has 0 heterocycles. The van der Waals surface area contributed by atoms with Crippen LogP contribution in [-0.4, -0.2) is 17.0 Å². The summed E-state index contributed by atoms with van der Waals surface area (Å²) in [4.78, 5) is 22.0. The Morgan fingerprint density at radius 3 is 2.67 bits per heavy atom. The SMILES string of the molecule is CC(CC(=O)O)CC(=O)Nc1ccc(F)cc1Cl. The minimum atomic E-state index is -0.949. The number of hydrogen-bond acceptors (Lipinski definition) is 2. The summed E-state index contributed by atoms with van der Waals surface area (Å²) in [6.07, 6.45) is -0.00935. The maximum Gasteiger partial charge on any atom is 0.303 e. The molecule has 0 bridgehead atoms. The highest BCUT2D eigenvalue weighted by atomic mass is 35.5. The van der Waals surface area contributed by atoms with Gasteiger partial charge in [-0.25, -0.2) is 4.39 Å². The van der Waals surface area contributed by atoms with E-state index in [-0.39, 0.29) is 29.7 Å². The van der Waals surface area contributed by atoms with Crippen molar-refractivity contribution in [3.8, 4) is 0 Å². The van der Waals surface area contributed by atoms with Crippen LogP contribution in [0.2, 0.25) is 5.02 Å². The molecule has 0 spiro atoms. The molecule has 0 radical (unpaired) electrons. The lowest BCUT2D eigenvalue weighted by Gasteiger charge is -2.10. The van der Waals surface area contributed by atoms with E-state index in [0.717, 1.165) is 6.07 Å². The summed E-state index contributed by atoms with van der Waals surface area (Å²) in [5.41, 5.74) is 0.311. The highest BCUT2D eigenvalue weighted by Crippen LogP contribution is 2.23. The number of carboxylic acids is 1. The number of nitrogens with one attached hydrogen (secondary N) is 1. The molecule has 0 aliphatic heterocycles. The van der Waals surface area contributed by atoms with E-state index < -0.39 is 11.8 Å². The van der Waals surface area contributed by atoms with Gasteiger partial charge in [0.25, 0.3) is 0 Å². The molecule has 0 aliphatic rings. The molecule has 0 aliphatic carbocycles. The van der Waals surface area contributed by atoms with E-state index in [1.165, 1.54) is 12.1 Å². The average molecular weight is 274 g/mol. The Kier molecular flexibility index (Phi) is 5.09. The fourth-order valence-electron chi connectivity index (χ4n) is 1.48. The summed E-state index contributed by atoms with van der Waals surface area (Å²) >= 11 is 5.75. The Morgan fingerprint density at radius 1 is 1.44 bits per heavy atom. The lowest BCUT2D eigenvalue weighted by Crippen LogP contribution is -2.17. The minimum absolute atomic E-state index is 0.0694. The second-order valence-corrected chi connectivity index (χ2v) is 4.49. The van der Waals surface area contributed by atoms with Crippen molar-refractivity contribution in [2.45, 2.75) is 19.8 Å². The van der Waals surface area contributed by atoms with Crippen molar-refractivity contribution in [1.29, 1.82) is 0 Å². The quantitative estimate of drug-likeness (QED) is 0.867. The summed E-state index contributed by atoms with van der Waals surface area (Å²) in [6.45, 7) is 1.67. The predicted octanol–water partition coefficient (Wildman–Crippen LogP) is 2.92. The van der Waals surface area contributed by atoms with Crippen molar-refractivity contribution >= 4 is 29.2 Å². The molecule has 1 aromatic rings. The van der Waals surface area contributed by atoms with Crippen LogP contribution >= 0.6 is 11.6 Å². The average Bonchev–Trinajstić information content (AvgIpc) is 2.20. The second kappa shape index (κ2) is 6.35. The van der Waals surface area contributed by atoms with Gasteiger partial charge in [-0.15, -0.1) is 0 Å². The Labute approximate surface area is 109 Å². The molecule has 0 saturated heterocycles. The molecular formula is C12H13ClFNO3. The summed E-state index contributed by atoms with van der Waals surface area (Å²) in [7, 11) is 0. The van der Waals surface area contributed by atoms with Gasteiger partial charge in [0.15, 0.2) is 0 Å². The van der Waals surface area contributed by atoms with Gasteiger partial charge in [0.2, 0.25) is 5.91 Å². The van der Waals surface area contributed by atoms with Crippen molar-refractivity contribution in [3.63, 3.8) is 0 Å². The molecule has 0 saturated carbocycles. The van der Waals surface area contributed by atoms with Crippen molar-refractivity contribution in [2.75, 3.05) is 5.32 Å². The molecule has 1 amide bonds. The van der Waals surface area contributed by atoms with Crippen LogP contribution < -0.4 is 5.32 Å². The smallest absolute Gasteiger partial charge is 0.303 e. The van der Waals surface area contributed by atoms with Gasteiger partial charge < -0.3 is 10.4 Å². The van der Waals surface area contributed by atoms with Crippen LogP contribution in [0.15, 0.2) is 18.2 Å². The first-order chi connectivity index (χ1) is 8.38. The maximum atomic E-state index is 12.8. The first kappa shape index (κ1) is 14.4. The van der Waals surface area contributed by atoms with Gasteiger partial charge >= 0.3 is 5.97 Å². The van der Waals surface area contributed by atoms with Crippen LogP contribution in [0.4, 0.5) is 10.1 Å². The molecule has 2 N–H and O–H groups in total. The van der Waals surface area contributed by atoms with Crippen LogP contribution in [0.5, 0.6) is 0 Å². The third-order valence-corrected chi connectivity index (χ3v) is 2.57. The van der Waals surface area contributed by atoms with Crippen LogP contribution in [0.25, 0.3) is 0 Å². The number of benzene rings is 1. The Balaban J connectivity index is 2.56. The van der Waals surface area contributed by atoms with Gasteiger partial charge in [-0.2, -0.15) is 0 Å². The largest absolute Gasteiger partial charge is 0.481 e. The zero-order chi connectivity index (χ0) is 13.7. The fraction of sp³-hybridized carbons (Fsp3) is 0.333. The Bertz CT molecular complexity index is 465. The molecule has 1 rings (SSSR count). The first-order valence-electron chi connectivity index (χ1n) is 5.35. The van der Waals surface area contributed by atoms with Gasteiger partial charge in [-0.3, -0.25) is 9.59 Å². The number of carbonyl (C=O) groups excluding carboxylic acids is 1. The van der Waals surface area contributed by atoms with E-state index in [4.69, 9.17) is 16.7 Å². The van der Waals surface area contributed by atoms with Crippen LogP contribution in [0.1, 0.15) is 19.8 Å². The molecule has 1 unspecified atom stereocenters. The molecule has 4 nitrogen and oxygen atoms in total. The Morgan fingerprint density at radius 2 is 2.11 bits per heavy atom. The Hall–Kier alpha value is -1.62. The number of halogens is 2. The molecular weight excluding hydrogens is 261 g/mol. The summed E-state index contributed by atoms with van der Waals surface area (Å²) in [5, 5.41) is 11.2. The number of anilines is 1. The van der Waals surface area contributed by atoms with E-state index in [1.54, 1.807) is 6.92 Å². The van der Waals surface area contributed by atoms with E-state index in [0.29, 0.717) is 5.69 Å². The number of hydrogen-bond donors (Lipinski definition) is 2. The van der Waals surface area contributed by atoms with E-state index in [9.17, 15) is 14.0 Å². The zero-order valence-corrected chi connectivity index (χ0v) is 10.5. The minimum Gasteiger partial charge on any atom is -0.481 e.